The van der Waals surface area contributed by atoms with Crippen LogP contribution < -0.4 is 0 Å². The summed E-state index contributed by atoms with van der Waals surface area (Å²) >= 11 is 1.94. The highest BCUT2D eigenvalue weighted by molar-refractivity contribution is 7.99. The van der Waals surface area contributed by atoms with Gasteiger partial charge in [-0.05, 0) is 24.3 Å². The van der Waals surface area contributed by atoms with Crippen LogP contribution in [0, 0.1) is 0 Å². The normalized spacial score (nSPS) is 16.6. The maximum Gasteiger partial charge on any atom is 0.270 e. The number of carbonyl (C=O) groups excluding carboxylic acids is 1. The Labute approximate surface area is 117 Å². The van der Waals surface area contributed by atoms with E-state index in [-0.39, 0.29) is 5.91 Å². The molecule has 3 nitrogen and oxygen atoms in total. The monoisotopic (exact) mass is 274 g/mol. The third-order valence-corrected chi connectivity index (χ3v) is 4.73. The number of rotatable bonds is 1. The summed E-state index contributed by atoms with van der Waals surface area (Å²) in [5.74, 6) is 2.38. The van der Waals surface area contributed by atoms with Gasteiger partial charge in [0.1, 0.15) is 5.69 Å². The van der Waals surface area contributed by atoms with E-state index >= 15 is 0 Å². The SMILES string of the molecule is Cn1c(C(=O)N2CCCSCC2)cc2ccccc21. The molecule has 4 heteroatoms. The molecule has 0 atom stereocenters. The molecule has 0 spiro atoms. The Morgan fingerprint density at radius 2 is 2.05 bits per heavy atom. The van der Waals surface area contributed by atoms with Crippen LogP contribution in [-0.2, 0) is 7.05 Å². The minimum atomic E-state index is 0.168. The smallest absolute Gasteiger partial charge is 0.270 e. The van der Waals surface area contributed by atoms with Gasteiger partial charge in [-0.2, -0.15) is 11.8 Å². The summed E-state index contributed by atoms with van der Waals surface area (Å²) in [5, 5.41) is 1.14. The molecule has 1 aliphatic rings. The Morgan fingerprint density at radius 1 is 1.21 bits per heavy atom. The van der Waals surface area contributed by atoms with Crippen LogP contribution in [0.1, 0.15) is 16.9 Å². The Kier molecular flexibility index (Phi) is 3.51. The Balaban J connectivity index is 1.94. The lowest BCUT2D eigenvalue weighted by molar-refractivity contribution is 0.0759. The molecule has 0 radical (unpaired) electrons. The maximum absolute atomic E-state index is 12.6. The molecule has 3 rings (SSSR count). The topological polar surface area (TPSA) is 25.2 Å². The first-order valence-electron chi connectivity index (χ1n) is 6.69. The number of fused-ring (bicyclic) bond motifs is 1. The van der Waals surface area contributed by atoms with E-state index in [1.54, 1.807) is 0 Å². The van der Waals surface area contributed by atoms with Crippen molar-refractivity contribution in [3.8, 4) is 0 Å². The molecule has 2 aromatic rings. The highest BCUT2D eigenvalue weighted by Crippen LogP contribution is 2.20. The molecule has 0 unspecified atom stereocenters. The molecule has 1 amide bonds. The van der Waals surface area contributed by atoms with Gasteiger partial charge >= 0.3 is 0 Å². The highest BCUT2D eigenvalue weighted by Gasteiger charge is 2.20. The van der Waals surface area contributed by atoms with Crippen LogP contribution in [-0.4, -0.2) is 40.0 Å². The lowest BCUT2D eigenvalue weighted by Gasteiger charge is -2.20. The van der Waals surface area contributed by atoms with E-state index < -0.39 is 0 Å². The molecule has 1 aromatic heterocycles. The van der Waals surface area contributed by atoms with Crippen molar-refractivity contribution >= 4 is 28.6 Å². The standard InChI is InChI=1S/C15H18N2OS/c1-16-13-6-3-2-5-12(13)11-14(16)15(18)17-7-4-9-19-10-8-17/h2-3,5-6,11H,4,7-10H2,1H3. The second kappa shape index (κ2) is 5.29. The molecular formula is C15H18N2OS. The number of amides is 1. The molecule has 1 fully saturated rings. The highest BCUT2D eigenvalue weighted by atomic mass is 32.2. The van der Waals surface area contributed by atoms with Crippen molar-refractivity contribution < 1.29 is 4.79 Å². The molecular weight excluding hydrogens is 256 g/mol. The van der Waals surface area contributed by atoms with Crippen LogP contribution in [0.15, 0.2) is 30.3 Å². The summed E-state index contributed by atoms with van der Waals surface area (Å²) < 4.78 is 2.01. The average Bonchev–Trinajstić information content (AvgIpc) is 2.64. The zero-order valence-electron chi connectivity index (χ0n) is 11.1. The fourth-order valence-corrected chi connectivity index (χ4v) is 3.49. The van der Waals surface area contributed by atoms with Gasteiger partial charge in [-0.15, -0.1) is 0 Å². The zero-order valence-corrected chi connectivity index (χ0v) is 11.9. The Morgan fingerprint density at radius 3 is 2.89 bits per heavy atom. The van der Waals surface area contributed by atoms with Gasteiger partial charge < -0.3 is 9.47 Å². The predicted octanol–water partition coefficient (Wildman–Crippen LogP) is 2.76. The Hall–Kier alpha value is -1.42. The van der Waals surface area contributed by atoms with Crippen molar-refractivity contribution in [1.29, 1.82) is 0 Å². The molecule has 100 valence electrons. The zero-order chi connectivity index (χ0) is 13.2. The summed E-state index contributed by atoms with van der Waals surface area (Å²) in [6, 6.07) is 10.2. The molecule has 2 heterocycles. The molecule has 0 bridgehead atoms. The summed E-state index contributed by atoms with van der Waals surface area (Å²) in [4.78, 5) is 14.6. The Bertz CT molecular complexity index is 597. The predicted molar refractivity (Wildman–Crippen MR) is 80.8 cm³/mol. The summed E-state index contributed by atoms with van der Waals surface area (Å²) in [6.45, 7) is 1.75. The van der Waals surface area contributed by atoms with E-state index in [1.807, 2.05) is 46.5 Å². The second-order valence-electron chi connectivity index (χ2n) is 4.91. The number of benzene rings is 1. The van der Waals surface area contributed by atoms with Crippen LogP contribution in [0.5, 0.6) is 0 Å². The first-order valence-corrected chi connectivity index (χ1v) is 7.84. The van der Waals surface area contributed by atoms with E-state index in [1.165, 1.54) is 5.75 Å². The number of aryl methyl sites for hydroxylation is 1. The number of carbonyl (C=O) groups is 1. The van der Waals surface area contributed by atoms with Crippen LogP contribution in [0.2, 0.25) is 0 Å². The van der Waals surface area contributed by atoms with Crippen molar-refractivity contribution in [3.05, 3.63) is 36.0 Å². The number of aromatic nitrogens is 1. The molecule has 1 aliphatic heterocycles. The van der Waals surface area contributed by atoms with Gasteiger partial charge in [-0.25, -0.2) is 0 Å². The quantitative estimate of drug-likeness (QED) is 0.799. The van der Waals surface area contributed by atoms with Gasteiger partial charge in [0.25, 0.3) is 5.91 Å². The summed E-state index contributed by atoms with van der Waals surface area (Å²) in [7, 11) is 1.97. The molecule has 0 aliphatic carbocycles. The first-order chi connectivity index (χ1) is 9.27. The first kappa shape index (κ1) is 12.6. The van der Waals surface area contributed by atoms with Crippen molar-refractivity contribution in [2.75, 3.05) is 24.6 Å². The number of thioether (sulfide) groups is 1. The number of nitrogens with zero attached hydrogens (tertiary/aromatic N) is 2. The molecule has 0 N–H and O–H groups in total. The minimum Gasteiger partial charge on any atom is -0.340 e. The lowest BCUT2D eigenvalue weighted by Crippen LogP contribution is -2.34. The van der Waals surface area contributed by atoms with Crippen molar-refractivity contribution in [1.82, 2.24) is 9.47 Å². The van der Waals surface area contributed by atoms with Crippen LogP contribution in [0.25, 0.3) is 10.9 Å². The van der Waals surface area contributed by atoms with Gasteiger partial charge in [0.2, 0.25) is 0 Å². The van der Waals surface area contributed by atoms with Crippen LogP contribution in [0.4, 0.5) is 0 Å². The molecule has 1 aromatic carbocycles. The minimum absolute atomic E-state index is 0.168. The van der Waals surface area contributed by atoms with E-state index in [9.17, 15) is 4.79 Å². The molecule has 1 saturated heterocycles. The van der Waals surface area contributed by atoms with E-state index in [0.717, 1.165) is 41.9 Å². The van der Waals surface area contributed by atoms with Gasteiger partial charge in [-0.3, -0.25) is 4.79 Å². The maximum atomic E-state index is 12.6. The molecule has 0 saturated carbocycles. The van der Waals surface area contributed by atoms with E-state index in [4.69, 9.17) is 0 Å². The van der Waals surface area contributed by atoms with Gasteiger partial charge in [0.05, 0.1) is 0 Å². The second-order valence-corrected chi connectivity index (χ2v) is 6.13. The summed E-state index contributed by atoms with van der Waals surface area (Å²) in [6.07, 6.45) is 1.10. The number of para-hydroxylation sites is 1. The van der Waals surface area contributed by atoms with Crippen LogP contribution >= 0.6 is 11.8 Å². The van der Waals surface area contributed by atoms with Gasteiger partial charge in [0, 0.05) is 36.8 Å². The lowest BCUT2D eigenvalue weighted by atomic mass is 10.2. The number of hydrogen-bond donors (Lipinski definition) is 0. The van der Waals surface area contributed by atoms with Crippen molar-refractivity contribution in [2.24, 2.45) is 7.05 Å². The average molecular weight is 274 g/mol. The van der Waals surface area contributed by atoms with Gasteiger partial charge in [-0.1, -0.05) is 18.2 Å². The fraction of sp³-hybridized carbons (Fsp3) is 0.400. The third-order valence-electron chi connectivity index (χ3n) is 3.68. The fourth-order valence-electron chi connectivity index (χ4n) is 2.61. The van der Waals surface area contributed by atoms with E-state index in [2.05, 4.69) is 12.1 Å². The van der Waals surface area contributed by atoms with Crippen molar-refractivity contribution in [2.45, 2.75) is 6.42 Å². The number of hydrogen-bond acceptors (Lipinski definition) is 2. The van der Waals surface area contributed by atoms with Crippen LogP contribution in [0.3, 0.4) is 0 Å². The van der Waals surface area contributed by atoms with Crippen molar-refractivity contribution in [3.63, 3.8) is 0 Å². The third kappa shape index (κ3) is 2.37. The summed E-state index contributed by atoms with van der Waals surface area (Å²) in [5.41, 5.74) is 1.92. The largest absolute Gasteiger partial charge is 0.340 e. The molecule has 19 heavy (non-hydrogen) atoms. The van der Waals surface area contributed by atoms with E-state index in [0.29, 0.717) is 0 Å². The van der Waals surface area contributed by atoms with Gasteiger partial charge in [0.15, 0.2) is 0 Å².